The minimum Gasteiger partial charge on any atom is -0.390 e. The second-order valence-electron chi connectivity index (χ2n) is 4.13. The first-order valence-electron chi connectivity index (χ1n) is 5.30. The van der Waals surface area contributed by atoms with Crippen LogP contribution in [-0.4, -0.2) is 73.4 Å². The van der Waals surface area contributed by atoms with Gasteiger partial charge in [-0.3, -0.25) is 4.90 Å². The third-order valence-corrected chi connectivity index (χ3v) is 2.38. The molecule has 0 spiro atoms. The largest absolute Gasteiger partial charge is 0.390 e. The van der Waals surface area contributed by atoms with E-state index in [2.05, 4.69) is 0 Å². The molecular formula is C10H21NO4. The average molecular weight is 219 g/mol. The molecule has 2 N–H and O–H groups in total. The summed E-state index contributed by atoms with van der Waals surface area (Å²) in [7, 11) is 1.62. The first-order valence-corrected chi connectivity index (χ1v) is 5.30. The summed E-state index contributed by atoms with van der Waals surface area (Å²) in [6.45, 7) is 4.64. The molecule has 0 aliphatic carbocycles. The molecule has 1 saturated heterocycles. The van der Waals surface area contributed by atoms with Crippen molar-refractivity contribution in [1.29, 1.82) is 0 Å². The van der Waals surface area contributed by atoms with Crippen molar-refractivity contribution in [3.05, 3.63) is 0 Å². The fraction of sp³-hybridized carbons (Fsp3) is 1.00. The summed E-state index contributed by atoms with van der Waals surface area (Å²) < 4.78 is 10.3. The summed E-state index contributed by atoms with van der Waals surface area (Å²) in [6.07, 6.45) is -0.700. The van der Waals surface area contributed by atoms with E-state index in [0.29, 0.717) is 32.8 Å². The van der Waals surface area contributed by atoms with Crippen LogP contribution in [0, 0.1) is 0 Å². The highest BCUT2D eigenvalue weighted by molar-refractivity contribution is 4.80. The quantitative estimate of drug-likeness (QED) is 0.579. The second kappa shape index (κ2) is 6.40. The fourth-order valence-electron chi connectivity index (χ4n) is 1.60. The smallest absolute Gasteiger partial charge is 0.0900 e. The van der Waals surface area contributed by atoms with Gasteiger partial charge in [0.05, 0.1) is 31.5 Å². The molecule has 5 nitrogen and oxygen atoms in total. The SMILES string of the molecule is COCC(C)OCC(O)CN1CC(O)C1. The lowest BCUT2D eigenvalue weighted by Gasteiger charge is -2.37. The number of likely N-dealkylation sites (tertiary alicyclic amines) is 1. The van der Waals surface area contributed by atoms with Crippen LogP contribution in [0.25, 0.3) is 0 Å². The van der Waals surface area contributed by atoms with E-state index in [1.54, 1.807) is 7.11 Å². The van der Waals surface area contributed by atoms with Crippen LogP contribution in [0.1, 0.15) is 6.92 Å². The minimum atomic E-state index is -0.489. The van der Waals surface area contributed by atoms with Crippen molar-refractivity contribution in [1.82, 2.24) is 4.90 Å². The van der Waals surface area contributed by atoms with E-state index in [0.717, 1.165) is 0 Å². The minimum absolute atomic E-state index is 0.00614. The lowest BCUT2D eigenvalue weighted by atomic mass is 10.1. The Hall–Kier alpha value is -0.200. The number of aliphatic hydroxyl groups is 2. The number of ether oxygens (including phenoxy) is 2. The summed E-state index contributed by atoms with van der Waals surface area (Å²) in [5.74, 6) is 0. The van der Waals surface area contributed by atoms with Crippen LogP contribution < -0.4 is 0 Å². The van der Waals surface area contributed by atoms with Gasteiger partial charge in [0.25, 0.3) is 0 Å². The number of rotatable bonds is 7. The predicted octanol–water partition coefficient (Wildman–Crippen LogP) is -0.925. The molecule has 1 heterocycles. The Labute approximate surface area is 90.6 Å². The van der Waals surface area contributed by atoms with Crippen molar-refractivity contribution >= 4 is 0 Å². The maximum absolute atomic E-state index is 9.60. The van der Waals surface area contributed by atoms with Gasteiger partial charge >= 0.3 is 0 Å². The Kier molecular flexibility index (Phi) is 5.49. The van der Waals surface area contributed by atoms with Gasteiger partial charge in [-0.15, -0.1) is 0 Å². The first-order chi connectivity index (χ1) is 7.11. The maximum Gasteiger partial charge on any atom is 0.0900 e. The van der Waals surface area contributed by atoms with Gasteiger partial charge in [-0.25, -0.2) is 0 Å². The highest BCUT2D eigenvalue weighted by Gasteiger charge is 2.26. The molecule has 0 amide bonds. The normalized spacial score (nSPS) is 22.4. The molecule has 1 aliphatic rings. The molecule has 0 radical (unpaired) electrons. The average Bonchev–Trinajstić information content (AvgIpc) is 2.13. The maximum atomic E-state index is 9.60. The first kappa shape index (κ1) is 12.9. The van der Waals surface area contributed by atoms with Crippen LogP contribution in [-0.2, 0) is 9.47 Å². The summed E-state index contributed by atoms with van der Waals surface area (Å²) >= 11 is 0. The Balaban J connectivity index is 2.00. The van der Waals surface area contributed by atoms with E-state index in [9.17, 15) is 5.11 Å². The molecule has 0 aromatic carbocycles. The van der Waals surface area contributed by atoms with Crippen LogP contribution in [0.4, 0.5) is 0 Å². The number of β-amino-alcohol motifs (C(OH)–C–C–N with tert-alkyl or cyclic N) is 2. The third kappa shape index (κ3) is 4.90. The zero-order chi connectivity index (χ0) is 11.3. The molecule has 0 aromatic heterocycles. The molecule has 0 bridgehead atoms. The van der Waals surface area contributed by atoms with E-state index >= 15 is 0 Å². The van der Waals surface area contributed by atoms with Gasteiger partial charge in [-0.1, -0.05) is 0 Å². The van der Waals surface area contributed by atoms with Crippen molar-refractivity contribution in [2.24, 2.45) is 0 Å². The fourth-order valence-corrected chi connectivity index (χ4v) is 1.60. The molecule has 2 unspecified atom stereocenters. The molecular weight excluding hydrogens is 198 g/mol. The number of aliphatic hydroxyl groups excluding tert-OH is 2. The molecule has 0 saturated carbocycles. The van der Waals surface area contributed by atoms with Crippen LogP contribution in [0.3, 0.4) is 0 Å². The van der Waals surface area contributed by atoms with Crippen LogP contribution in [0.15, 0.2) is 0 Å². The standard InChI is InChI=1S/C10H21NO4/c1-8(6-14-2)15-7-10(13)5-11-3-9(12)4-11/h8-10,12-13H,3-7H2,1-2H3. The summed E-state index contributed by atoms with van der Waals surface area (Å²) in [5.41, 5.74) is 0. The monoisotopic (exact) mass is 219 g/mol. The van der Waals surface area contributed by atoms with Crippen molar-refractivity contribution in [2.45, 2.75) is 25.2 Å². The molecule has 90 valence electrons. The number of hydrogen-bond acceptors (Lipinski definition) is 5. The van der Waals surface area contributed by atoms with Gasteiger partial charge in [0.2, 0.25) is 0 Å². The molecule has 5 heteroatoms. The van der Waals surface area contributed by atoms with Gasteiger partial charge < -0.3 is 19.7 Å². The predicted molar refractivity (Wildman–Crippen MR) is 55.7 cm³/mol. The van der Waals surface area contributed by atoms with E-state index in [1.807, 2.05) is 11.8 Å². The second-order valence-corrected chi connectivity index (χ2v) is 4.13. The molecule has 2 atom stereocenters. The van der Waals surface area contributed by atoms with Gasteiger partial charge in [0, 0.05) is 26.7 Å². The van der Waals surface area contributed by atoms with Crippen LogP contribution in [0.5, 0.6) is 0 Å². The number of nitrogens with zero attached hydrogens (tertiary/aromatic N) is 1. The third-order valence-electron chi connectivity index (χ3n) is 2.38. The van der Waals surface area contributed by atoms with Crippen molar-refractivity contribution in [3.8, 4) is 0 Å². The Morgan fingerprint density at radius 3 is 2.60 bits per heavy atom. The molecule has 15 heavy (non-hydrogen) atoms. The highest BCUT2D eigenvalue weighted by atomic mass is 16.5. The van der Waals surface area contributed by atoms with Gasteiger partial charge in [-0.05, 0) is 6.92 Å². The van der Waals surface area contributed by atoms with Gasteiger partial charge in [-0.2, -0.15) is 0 Å². The highest BCUT2D eigenvalue weighted by Crippen LogP contribution is 2.07. The van der Waals surface area contributed by atoms with Crippen molar-refractivity contribution < 1.29 is 19.7 Å². The molecule has 1 fully saturated rings. The Morgan fingerprint density at radius 1 is 1.40 bits per heavy atom. The number of hydrogen-bond donors (Lipinski definition) is 2. The van der Waals surface area contributed by atoms with Gasteiger partial charge in [0.15, 0.2) is 0 Å². The van der Waals surface area contributed by atoms with E-state index in [1.165, 1.54) is 0 Å². The van der Waals surface area contributed by atoms with Gasteiger partial charge in [0.1, 0.15) is 0 Å². The Bertz CT molecular complexity index is 173. The van der Waals surface area contributed by atoms with E-state index < -0.39 is 6.10 Å². The lowest BCUT2D eigenvalue weighted by molar-refractivity contribution is -0.0630. The van der Waals surface area contributed by atoms with Crippen LogP contribution >= 0.6 is 0 Å². The van der Waals surface area contributed by atoms with E-state index in [-0.39, 0.29) is 12.2 Å². The zero-order valence-electron chi connectivity index (χ0n) is 9.43. The molecule has 0 aromatic rings. The molecule has 1 rings (SSSR count). The summed E-state index contributed by atoms with van der Waals surface area (Å²) in [4.78, 5) is 2.00. The molecule has 1 aliphatic heterocycles. The number of methoxy groups -OCH3 is 1. The van der Waals surface area contributed by atoms with Crippen LogP contribution in [0.2, 0.25) is 0 Å². The van der Waals surface area contributed by atoms with E-state index in [4.69, 9.17) is 14.6 Å². The van der Waals surface area contributed by atoms with Crippen molar-refractivity contribution in [3.63, 3.8) is 0 Å². The summed E-state index contributed by atoms with van der Waals surface area (Å²) in [5, 5.41) is 18.6. The Morgan fingerprint density at radius 2 is 2.07 bits per heavy atom. The zero-order valence-corrected chi connectivity index (χ0v) is 9.43. The topological polar surface area (TPSA) is 62.2 Å². The lowest BCUT2D eigenvalue weighted by Crippen LogP contribution is -2.53. The summed E-state index contributed by atoms with van der Waals surface area (Å²) in [6, 6.07) is 0. The van der Waals surface area contributed by atoms with Crippen molar-refractivity contribution in [2.75, 3.05) is 40.0 Å².